The second kappa shape index (κ2) is 6.75. The molecular formula is C17H20N4O2. The molecule has 6 heteroatoms. The average molecular weight is 312 g/mol. The fourth-order valence-electron chi connectivity index (χ4n) is 2.95. The van der Waals surface area contributed by atoms with Crippen molar-refractivity contribution in [1.29, 1.82) is 0 Å². The number of nitro groups is 1. The van der Waals surface area contributed by atoms with E-state index in [1.165, 1.54) is 17.2 Å². The van der Waals surface area contributed by atoms with Gasteiger partial charge in [0, 0.05) is 37.9 Å². The number of fused-ring (bicyclic) bond motifs is 1. The molecule has 0 saturated carbocycles. The highest BCUT2D eigenvalue weighted by atomic mass is 16.6. The van der Waals surface area contributed by atoms with Crippen LogP contribution in [0.15, 0.2) is 42.6 Å². The standard InChI is InChI=1S/C17H20N4O2/c1-13(11-19-17-16(21(22)23)7-4-9-18-17)20-10-8-14-5-2-3-6-15(14)12-20/h2-7,9,13H,8,10-12H2,1H3,(H,18,19). The van der Waals surface area contributed by atoms with Crippen molar-refractivity contribution in [3.63, 3.8) is 0 Å². The first-order valence-electron chi connectivity index (χ1n) is 7.79. The molecule has 0 aliphatic carbocycles. The summed E-state index contributed by atoms with van der Waals surface area (Å²) in [4.78, 5) is 17.1. The van der Waals surface area contributed by atoms with Gasteiger partial charge < -0.3 is 5.32 Å². The van der Waals surface area contributed by atoms with Gasteiger partial charge in [0.1, 0.15) is 0 Å². The van der Waals surface area contributed by atoms with Gasteiger partial charge in [-0.1, -0.05) is 24.3 Å². The Labute approximate surface area is 135 Å². The third-order valence-electron chi connectivity index (χ3n) is 4.33. The number of pyridine rings is 1. The number of nitrogens with zero attached hydrogens (tertiary/aromatic N) is 3. The van der Waals surface area contributed by atoms with E-state index in [9.17, 15) is 10.1 Å². The first-order chi connectivity index (χ1) is 11.1. The lowest BCUT2D eigenvalue weighted by atomic mass is 9.99. The van der Waals surface area contributed by atoms with Gasteiger partial charge in [0.25, 0.3) is 0 Å². The van der Waals surface area contributed by atoms with Crippen LogP contribution in [0.25, 0.3) is 0 Å². The number of rotatable bonds is 5. The van der Waals surface area contributed by atoms with Crippen LogP contribution in [0.5, 0.6) is 0 Å². The maximum Gasteiger partial charge on any atom is 0.311 e. The Morgan fingerprint density at radius 3 is 2.87 bits per heavy atom. The predicted octanol–water partition coefficient (Wildman–Crippen LogP) is 2.85. The van der Waals surface area contributed by atoms with Gasteiger partial charge in [0.15, 0.2) is 0 Å². The lowest BCUT2D eigenvalue weighted by molar-refractivity contribution is -0.384. The topological polar surface area (TPSA) is 71.3 Å². The zero-order valence-corrected chi connectivity index (χ0v) is 13.1. The van der Waals surface area contributed by atoms with E-state index in [-0.39, 0.29) is 11.7 Å². The van der Waals surface area contributed by atoms with Crippen LogP contribution in [0.4, 0.5) is 11.5 Å². The highest BCUT2D eigenvalue weighted by Gasteiger charge is 2.21. The Hall–Kier alpha value is -2.47. The SMILES string of the molecule is CC(CNc1ncccc1[N+](=O)[O-])N1CCc2ccccc2C1. The molecule has 1 aromatic heterocycles. The van der Waals surface area contributed by atoms with Gasteiger partial charge in [-0.15, -0.1) is 0 Å². The Kier molecular flexibility index (Phi) is 4.52. The van der Waals surface area contributed by atoms with Crippen LogP contribution in [-0.2, 0) is 13.0 Å². The molecule has 0 radical (unpaired) electrons. The molecule has 1 atom stereocenters. The molecule has 0 bridgehead atoms. The van der Waals surface area contributed by atoms with E-state index < -0.39 is 4.92 Å². The Balaban J connectivity index is 1.63. The summed E-state index contributed by atoms with van der Waals surface area (Å²) in [6, 6.07) is 11.8. The van der Waals surface area contributed by atoms with E-state index in [1.807, 2.05) is 0 Å². The van der Waals surface area contributed by atoms with Crippen molar-refractivity contribution in [3.8, 4) is 0 Å². The summed E-state index contributed by atoms with van der Waals surface area (Å²) in [5.74, 6) is 0.335. The van der Waals surface area contributed by atoms with Crippen LogP contribution in [0.1, 0.15) is 18.1 Å². The van der Waals surface area contributed by atoms with Crippen molar-refractivity contribution in [2.45, 2.75) is 25.9 Å². The minimum Gasteiger partial charge on any atom is -0.363 e. The minimum absolute atomic E-state index is 0.0173. The monoisotopic (exact) mass is 312 g/mol. The number of benzene rings is 1. The number of aromatic nitrogens is 1. The third kappa shape index (κ3) is 3.48. The molecule has 23 heavy (non-hydrogen) atoms. The molecule has 1 aromatic carbocycles. The molecule has 0 spiro atoms. The van der Waals surface area contributed by atoms with E-state index in [1.54, 1.807) is 12.3 Å². The van der Waals surface area contributed by atoms with Crippen molar-refractivity contribution in [1.82, 2.24) is 9.88 Å². The molecule has 1 aliphatic rings. The number of hydrogen-bond acceptors (Lipinski definition) is 5. The summed E-state index contributed by atoms with van der Waals surface area (Å²) >= 11 is 0. The van der Waals surface area contributed by atoms with Crippen LogP contribution in [0.2, 0.25) is 0 Å². The van der Waals surface area contributed by atoms with Crippen molar-refractivity contribution < 1.29 is 4.92 Å². The molecular weight excluding hydrogens is 292 g/mol. The number of nitrogens with one attached hydrogen (secondary N) is 1. The average Bonchev–Trinajstić information content (AvgIpc) is 2.59. The van der Waals surface area contributed by atoms with Gasteiger partial charge in [-0.05, 0) is 30.5 Å². The molecule has 120 valence electrons. The number of anilines is 1. The van der Waals surface area contributed by atoms with Crippen LogP contribution in [0, 0.1) is 10.1 Å². The van der Waals surface area contributed by atoms with E-state index in [2.05, 4.69) is 46.4 Å². The molecule has 0 saturated heterocycles. The normalized spacial score (nSPS) is 15.7. The lowest BCUT2D eigenvalue weighted by Gasteiger charge is -2.33. The first-order valence-corrected chi connectivity index (χ1v) is 7.79. The van der Waals surface area contributed by atoms with Crippen LogP contribution in [-0.4, -0.2) is 33.9 Å². The van der Waals surface area contributed by atoms with Crippen molar-refractivity contribution in [2.75, 3.05) is 18.4 Å². The molecule has 0 fully saturated rings. The summed E-state index contributed by atoms with van der Waals surface area (Å²) < 4.78 is 0. The van der Waals surface area contributed by atoms with Crippen molar-refractivity contribution >= 4 is 11.5 Å². The van der Waals surface area contributed by atoms with E-state index in [0.717, 1.165) is 19.5 Å². The molecule has 3 rings (SSSR count). The van der Waals surface area contributed by atoms with Crippen LogP contribution in [0.3, 0.4) is 0 Å². The molecule has 2 heterocycles. The largest absolute Gasteiger partial charge is 0.363 e. The zero-order chi connectivity index (χ0) is 16.2. The molecule has 1 N–H and O–H groups in total. The van der Waals surface area contributed by atoms with Gasteiger partial charge in [-0.25, -0.2) is 4.98 Å². The fourth-order valence-corrected chi connectivity index (χ4v) is 2.95. The second-order valence-corrected chi connectivity index (χ2v) is 5.85. The molecule has 2 aromatic rings. The summed E-state index contributed by atoms with van der Waals surface area (Å²) in [5.41, 5.74) is 2.81. The van der Waals surface area contributed by atoms with Crippen LogP contribution < -0.4 is 5.32 Å². The first kappa shape index (κ1) is 15.4. The van der Waals surface area contributed by atoms with E-state index >= 15 is 0 Å². The number of hydrogen-bond donors (Lipinski definition) is 1. The zero-order valence-electron chi connectivity index (χ0n) is 13.1. The van der Waals surface area contributed by atoms with Crippen LogP contribution >= 0.6 is 0 Å². The molecule has 6 nitrogen and oxygen atoms in total. The molecule has 1 aliphatic heterocycles. The Morgan fingerprint density at radius 1 is 1.30 bits per heavy atom. The van der Waals surface area contributed by atoms with E-state index in [0.29, 0.717) is 12.4 Å². The highest BCUT2D eigenvalue weighted by Crippen LogP contribution is 2.22. The maximum absolute atomic E-state index is 11.0. The summed E-state index contributed by atoms with van der Waals surface area (Å²) in [7, 11) is 0. The van der Waals surface area contributed by atoms with Crippen molar-refractivity contribution in [3.05, 3.63) is 63.8 Å². The predicted molar refractivity (Wildman–Crippen MR) is 89.4 cm³/mol. The molecule has 1 unspecified atom stereocenters. The van der Waals surface area contributed by atoms with Crippen molar-refractivity contribution in [2.24, 2.45) is 0 Å². The highest BCUT2D eigenvalue weighted by molar-refractivity contribution is 5.55. The quantitative estimate of drug-likeness (QED) is 0.679. The maximum atomic E-state index is 11.0. The van der Waals surface area contributed by atoms with Gasteiger partial charge in [0.2, 0.25) is 5.82 Å². The summed E-state index contributed by atoms with van der Waals surface area (Å²) in [6.07, 6.45) is 2.61. The van der Waals surface area contributed by atoms with Gasteiger partial charge in [-0.3, -0.25) is 15.0 Å². The molecule has 0 amide bonds. The fraction of sp³-hybridized carbons (Fsp3) is 0.353. The van der Waals surface area contributed by atoms with Gasteiger partial charge in [-0.2, -0.15) is 0 Å². The summed E-state index contributed by atoms with van der Waals surface area (Å²) in [6.45, 7) is 4.68. The van der Waals surface area contributed by atoms with Gasteiger partial charge in [0.05, 0.1) is 4.92 Å². The minimum atomic E-state index is -0.406. The lowest BCUT2D eigenvalue weighted by Crippen LogP contribution is -2.41. The van der Waals surface area contributed by atoms with E-state index in [4.69, 9.17) is 0 Å². The Bertz CT molecular complexity index is 704. The smallest absolute Gasteiger partial charge is 0.311 e. The van der Waals surface area contributed by atoms with Gasteiger partial charge >= 0.3 is 5.69 Å². The third-order valence-corrected chi connectivity index (χ3v) is 4.33. The summed E-state index contributed by atoms with van der Waals surface area (Å²) in [5, 5.41) is 14.1. The second-order valence-electron chi connectivity index (χ2n) is 5.85. The Morgan fingerprint density at radius 2 is 2.09 bits per heavy atom.